The van der Waals surface area contributed by atoms with Crippen LogP contribution in [0.4, 0.5) is 10.1 Å². The lowest BCUT2D eigenvalue weighted by Gasteiger charge is -2.22. The van der Waals surface area contributed by atoms with Gasteiger partial charge in [0.05, 0.1) is 10.9 Å². The minimum absolute atomic E-state index is 0.0358. The van der Waals surface area contributed by atoms with E-state index < -0.39 is 11.7 Å². The number of rotatable bonds is 11. The first-order chi connectivity index (χ1) is 15.5. The number of benzene rings is 2. The summed E-state index contributed by atoms with van der Waals surface area (Å²) in [5, 5.41) is 2.95. The van der Waals surface area contributed by atoms with Crippen molar-refractivity contribution in [2.24, 2.45) is 5.92 Å². The van der Waals surface area contributed by atoms with Crippen LogP contribution in [0.3, 0.4) is 0 Å². The maximum absolute atomic E-state index is 13.4. The first-order valence-electron chi connectivity index (χ1n) is 11.3. The molecular weight excluding hydrogens is 429 g/mol. The van der Waals surface area contributed by atoms with Crippen LogP contribution in [0.5, 0.6) is 0 Å². The summed E-state index contributed by atoms with van der Waals surface area (Å²) in [4.78, 5) is 28.9. The third-order valence-electron chi connectivity index (χ3n) is 5.74. The van der Waals surface area contributed by atoms with Crippen LogP contribution >= 0.6 is 11.6 Å². The van der Waals surface area contributed by atoms with Gasteiger partial charge in [-0.3, -0.25) is 14.5 Å². The molecule has 0 bridgehead atoms. The second-order valence-corrected chi connectivity index (χ2v) is 8.67. The molecule has 1 atom stereocenters. The molecule has 0 radical (unpaired) electrons. The van der Waals surface area contributed by atoms with Crippen molar-refractivity contribution in [2.75, 3.05) is 31.1 Å². The lowest BCUT2D eigenvalue weighted by Crippen LogP contribution is -2.35. The smallest absolute Gasteiger partial charge is 0.227 e. The van der Waals surface area contributed by atoms with E-state index in [1.165, 1.54) is 28.7 Å². The fourth-order valence-corrected chi connectivity index (χ4v) is 4.11. The predicted octanol–water partition coefficient (Wildman–Crippen LogP) is 4.64. The van der Waals surface area contributed by atoms with Crippen LogP contribution in [-0.4, -0.2) is 42.9 Å². The van der Waals surface area contributed by atoms with E-state index in [9.17, 15) is 14.0 Å². The first kappa shape index (κ1) is 24.2. The Labute approximate surface area is 194 Å². The van der Waals surface area contributed by atoms with Gasteiger partial charge in [-0.15, -0.1) is 0 Å². The summed E-state index contributed by atoms with van der Waals surface area (Å²) in [6, 6.07) is 14.6. The molecule has 0 saturated carbocycles. The number of amides is 2. The van der Waals surface area contributed by atoms with Gasteiger partial charge in [-0.25, -0.2) is 4.39 Å². The molecule has 1 N–H and O–H groups in total. The van der Waals surface area contributed by atoms with Crippen molar-refractivity contribution in [2.45, 2.75) is 39.2 Å². The molecule has 172 valence electrons. The zero-order valence-corrected chi connectivity index (χ0v) is 19.3. The lowest BCUT2D eigenvalue weighted by molar-refractivity contribution is -0.126. The molecule has 0 aromatic heterocycles. The summed E-state index contributed by atoms with van der Waals surface area (Å²) in [5.74, 6) is -1.21. The van der Waals surface area contributed by atoms with Gasteiger partial charge in [0, 0.05) is 38.3 Å². The Kier molecular flexibility index (Phi) is 9.06. The normalized spacial score (nSPS) is 16.1. The second kappa shape index (κ2) is 12.0. The number of nitrogens with zero attached hydrogens (tertiary/aromatic N) is 2. The Balaban J connectivity index is 1.45. The number of carbonyl (C=O) groups is 2. The van der Waals surface area contributed by atoms with Crippen LogP contribution in [0.15, 0.2) is 48.5 Å². The Morgan fingerprint density at radius 1 is 1.19 bits per heavy atom. The highest BCUT2D eigenvalue weighted by Gasteiger charge is 2.35. The Morgan fingerprint density at radius 2 is 1.94 bits per heavy atom. The van der Waals surface area contributed by atoms with E-state index in [0.29, 0.717) is 12.2 Å². The number of halogens is 2. The summed E-state index contributed by atoms with van der Waals surface area (Å²) >= 11 is 5.84. The summed E-state index contributed by atoms with van der Waals surface area (Å²) in [5.41, 5.74) is 1.81. The van der Waals surface area contributed by atoms with Gasteiger partial charge in [0.15, 0.2) is 0 Å². The van der Waals surface area contributed by atoms with E-state index in [2.05, 4.69) is 41.4 Å². The molecule has 2 aromatic rings. The molecule has 32 heavy (non-hydrogen) atoms. The fraction of sp³-hybridized carbons (Fsp3) is 0.440. The third kappa shape index (κ3) is 6.78. The zero-order valence-electron chi connectivity index (χ0n) is 18.5. The molecule has 1 heterocycles. The molecule has 1 aliphatic heterocycles. The number of unbranched alkanes of at least 4 members (excludes halogenated alkanes) is 1. The van der Waals surface area contributed by atoms with E-state index in [-0.39, 0.29) is 29.8 Å². The maximum atomic E-state index is 13.4. The predicted molar refractivity (Wildman–Crippen MR) is 126 cm³/mol. The molecule has 2 aromatic carbocycles. The van der Waals surface area contributed by atoms with Gasteiger partial charge in [-0.1, -0.05) is 55.3 Å². The van der Waals surface area contributed by atoms with Gasteiger partial charge in [0.1, 0.15) is 5.82 Å². The van der Waals surface area contributed by atoms with Crippen molar-refractivity contribution in [3.05, 3.63) is 64.9 Å². The minimum Gasteiger partial charge on any atom is -0.356 e. The number of anilines is 1. The highest BCUT2D eigenvalue weighted by molar-refractivity contribution is 6.31. The molecule has 0 aliphatic carbocycles. The Hall–Kier alpha value is -2.44. The van der Waals surface area contributed by atoms with Crippen LogP contribution in [0, 0.1) is 11.7 Å². The average molecular weight is 460 g/mol. The van der Waals surface area contributed by atoms with Crippen LogP contribution < -0.4 is 10.2 Å². The standard InChI is InChI=1S/C25H31ClFN3O2/c1-2-3-13-29(17-19-8-5-4-6-9-19)14-7-12-28-25(32)20-15-24(31)30(18-20)21-10-11-23(27)22(26)16-21/h4-6,8-11,16,20H,2-3,7,12-15,17-18H2,1H3,(H,28,32)/t20-/m0/s1. The van der Waals surface area contributed by atoms with E-state index in [4.69, 9.17) is 11.6 Å². The van der Waals surface area contributed by atoms with Crippen molar-refractivity contribution in [1.82, 2.24) is 10.2 Å². The largest absolute Gasteiger partial charge is 0.356 e. The van der Waals surface area contributed by atoms with Gasteiger partial charge >= 0.3 is 0 Å². The molecule has 1 aliphatic rings. The van der Waals surface area contributed by atoms with Gasteiger partial charge < -0.3 is 10.2 Å². The lowest BCUT2D eigenvalue weighted by atomic mass is 10.1. The Bertz CT molecular complexity index is 909. The highest BCUT2D eigenvalue weighted by Crippen LogP contribution is 2.28. The number of hydrogen-bond donors (Lipinski definition) is 1. The average Bonchev–Trinajstić information content (AvgIpc) is 3.19. The maximum Gasteiger partial charge on any atom is 0.227 e. The van der Waals surface area contributed by atoms with E-state index in [0.717, 1.165) is 38.9 Å². The van der Waals surface area contributed by atoms with Crippen LogP contribution in [-0.2, 0) is 16.1 Å². The van der Waals surface area contributed by atoms with Crippen LogP contribution in [0.25, 0.3) is 0 Å². The zero-order chi connectivity index (χ0) is 22.9. The summed E-state index contributed by atoms with van der Waals surface area (Å²) in [6.45, 7) is 5.88. The topological polar surface area (TPSA) is 52.7 Å². The van der Waals surface area contributed by atoms with Gasteiger partial charge in [0.2, 0.25) is 11.8 Å². The summed E-state index contributed by atoms with van der Waals surface area (Å²) < 4.78 is 13.4. The molecule has 5 nitrogen and oxygen atoms in total. The molecule has 3 rings (SSSR count). The van der Waals surface area contributed by atoms with Gasteiger partial charge in [0.25, 0.3) is 0 Å². The van der Waals surface area contributed by atoms with E-state index >= 15 is 0 Å². The second-order valence-electron chi connectivity index (χ2n) is 8.26. The van der Waals surface area contributed by atoms with Crippen molar-refractivity contribution >= 4 is 29.1 Å². The van der Waals surface area contributed by atoms with Gasteiger partial charge in [-0.2, -0.15) is 0 Å². The molecule has 0 unspecified atom stereocenters. The first-order valence-corrected chi connectivity index (χ1v) is 11.6. The van der Waals surface area contributed by atoms with Crippen molar-refractivity contribution in [3.63, 3.8) is 0 Å². The number of carbonyl (C=O) groups excluding carboxylic acids is 2. The number of nitrogens with one attached hydrogen (secondary N) is 1. The molecule has 1 fully saturated rings. The van der Waals surface area contributed by atoms with Crippen molar-refractivity contribution < 1.29 is 14.0 Å². The van der Waals surface area contributed by atoms with E-state index in [1.54, 1.807) is 0 Å². The molecular formula is C25H31ClFN3O2. The van der Waals surface area contributed by atoms with Crippen LogP contribution in [0.1, 0.15) is 38.2 Å². The minimum atomic E-state index is -0.531. The van der Waals surface area contributed by atoms with E-state index in [1.807, 2.05) is 6.07 Å². The van der Waals surface area contributed by atoms with Crippen molar-refractivity contribution in [1.29, 1.82) is 0 Å². The molecule has 7 heteroatoms. The van der Waals surface area contributed by atoms with Gasteiger partial charge in [-0.05, 0) is 43.1 Å². The SMILES string of the molecule is CCCCN(CCCNC(=O)[C@H]1CC(=O)N(c2ccc(F)c(Cl)c2)C1)Cc1ccccc1. The molecule has 0 spiro atoms. The summed E-state index contributed by atoms with van der Waals surface area (Å²) in [7, 11) is 0. The third-order valence-corrected chi connectivity index (χ3v) is 6.03. The van der Waals surface area contributed by atoms with Crippen molar-refractivity contribution in [3.8, 4) is 0 Å². The molecule has 1 saturated heterocycles. The monoisotopic (exact) mass is 459 g/mol. The van der Waals surface area contributed by atoms with Crippen LogP contribution in [0.2, 0.25) is 5.02 Å². The summed E-state index contributed by atoms with van der Waals surface area (Å²) in [6.07, 6.45) is 3.29. The Morgan fingerprint density at radius 3 is 2.66 bits per heavy atom. The fourth-order valence-electron chi connectivity index (χ4n) is 3.94. The molecule has 2 amide bonds. The highest BCUT2D eigenvalue weighted by atomic mass is 35.5. The number of hydrogen-bond acceptors (Lipinski definition) is 3. The quantitative estimate of drug-likeness (QED) is 0.498.